The minimum atomic E-state index is 0.0373. The number of nitrogens with one attached hydrogen (secondary N) is 1. The maximum absolute atomic E-state index is 6.84. The van der Waals surface area contributed by atoms with Crippen molar-refractivity contribution < 1.29 is 0 Å². The second-order valence-electron chi connectivity index (χ2n) is 11.0. The van der Waals surface area contributed by atoms with E-state index in [2.05, 4.69) is 42.6 Å². The van der Waals surface area contributed by atoms with E-state index in [9.17, 15) is 0 Å². The minimum Gasteiger partial charge on any atom is -0.366 e. The number of rotatable bonds is 5. The standard InChI is InChI=1S/C30H30ClN7S/c1-2-19-6-7-22-20(16-19)17-30(26(22)32)9-13-37(14-10-30)29-35-18-24(28-34-12-15-38(28)29)39-23-8-11-33-27(25(23)31)36-21-4-3-5-21/h1,6-8,11-12,15-16,18,21,26H,3-5,9-10,13-14,17,32H2,(H,33,36)/t26-/m1/s1. The van der Waals surface area contributed by atoms with E-state index in [-0.39, 0.29) is 11.5 Å². The summed E-state index contributed by atoms with van der Waals surface area (Å²) < 4.78 is 2.09. The number of aromatic nitrogens is 4. The van der Waals surface area contributed by atoms with Gasteiger partial charge in [-0.3, -0.25) is 4.40 Å². The molecule has 9 heteroatoms. The van der Waals surface area contributed by atoms with E-state index in [0.717, 1.165) is 65.1 Å². The molecule has 0 radical (unpaired) electrons. The van der Waals surface area contributed by atoms with Gasteiger partial charge in [0.15, 0.2) is 5.65 Å². The molecular formula is C30H30ClN7S. The number of hydrogen-bond donors (Lipinski definition) is 2. The van der Waals surface area contributed by atoms with E-state index in [1.54, 1.807) is 11.8 Å². The van der Waals surface area contributed by atoms with Gasteiger partial charge in [0.05, 0.1) is 9.92 Å². The smallest absolute Gasteiger partial charge is 0.211 e. The molecule has 3 aliphatic rings. The summed E-state index contributed by atoms with van der Waals surface area (Å²) in [6.07, 6.45) is 19.8. The van der Waals surface area contributed by atoms with E-state index in [4.69, 9.17) is 28.7 Å². The molecule has 0 unspecified atom stereocenters. The molecule has 0 amide bonds. The quantitative estimate of drug-likeness (QED) is 0.305. The minimum absolute atomic E-state index is 0.0373. The van der Waals surface area contributed by atoms with Crippen LogP contribution in [0, 0.1) is 17.8 Å². The second kappa shape index (κ2) is 9.74. The fourth-order valence-corrected chi connectivity index (χ4v) is 7.45. The molecule has 1 saturated carbocycles. The molecule has 7 nitrogen and oxygen atoms in total. The highest BCUT2D eigenvalue weighted by Crippen LogP contribution is 2.51. The van der Waals surface area contributed by atoms with Gasteiger partial charge in [0.25, 0.3) is 0 Å². The summed E-state index contributed by atoms with van der Waals surface area (Å²) in [6, 6.07) is 8.74. The highest BCUT2D eigenvalue weighted by Gasteiger charge is 2.46. The number of pyridine rings is 1. The van der Waals surface area contributed by atoms with Gasteiger partial charge in [0, 0.05) is 60.4 Å². The van der Waals surface area contributed by atoms with Gasteiger partial charge in [0.2, 0.25) is 5.95 Å². The van der Waals surface area contributed by atoms with Gasteiger partial charge in [-0.2, -0.15) is 0 Å². The zero-order valence-corrected chi connectivity index (χ0v) is 23.2. The van der Waals surface area contributed by atoms with Crippen LogP contribution in [0.2, 0.25) is 5.02 Å². The number of imidazole rings is 1. The fourth-order valence-electron chi connectivity index (χ4n) is 6.27. The molecule has 3 N–H and O–H groups in total. The summed E-state index contributed by atoms with van der Waals surface area (Å²) in [4.78, 5) is 18.3. The van der Waals surface area contributed by atoms with Crippen molar-refractivity contribution >= 4 is 40.8 Å². The van der Waals surface area contributed by atoms with E-state index >= 15 is 0 Å². The molecule has 1 saturated heterocycles. The second-order valence-corrected chi connectivity index (χ2v) is 12.4. The lowest BCUT2D eigenvalue weighted by Gasteiger charge is -2.42. The molecule has 1 aromatic carbocycles. The van der Waals surface area contributed by atoms with Crippen molar-refractivity contribution in [2.24, 2.45) is 11.1 Å². The number of halogens is 1. The van der Waals surface area contributed by atoms with Crippen molar-refractivity contribution in [3.8, 4) is 12.3 Å². The average Bonchev–Trinajstić information content (AvgIpc) is 3.52. The molecule has 4 aromatic rings. The molecular weight excluding hydrogens is 526 g/mol. The predicted octanol–water partition coefficient (Wildman–Crippen LogP) is 5.72. The van der Waals surface area contributed by atoms with E-state index < -0.39 is 0 Å². The van der Waals surface area contributed by atoms with Crippen molar-refractivity contribution in [1.29, 1.82) is 0 Å². The SMILES string of the molecule is C#Cc1ccc2c(c1)CC1(CCN(c3ncc(Sc4ccnc(NC5CCC5)c4Cl)c4nccn34)CC1)[C@@H]2N. The lowest BCUT2D eigenvalue weighted by Crippen LogP contribution is -2.45. The monoisotopic (exact) mass is 555 g/mol. The number of piperidine rings is 1. The highest BCUT2D eigenvalue weighted by molar-refractivity contribution is 7.99. The third-order valence-electron chi connectivity index (χ3n) is 8.78. The number of hydrogen-bond acceptors (Lipinski definition) is 7. The lowest BCUT2D eigenvalue weighted by atomic mass is 9.73. The van der Waals surface area contributed by atoms with Crippen LogP contribution >= 0.6 is 23.4 Å². The first kappa shape index (κ1) is 24.8. The first-order valence-corrected chi connectivity index (χ1v) is 14.7. The molecule has 2 aliphatic carbocycles. The van der Waals surface area contributed by atoms with Gasteiger partial charge < -0.3 is 16.0 Å². The van der Waals surface area contributed by atoms with Crippen LogP contribution in [0.25, 0.3) is 5.65 Å². The Labute approximate surface area is 237 Å². The molecule has 1 spiro atoms. The topological polar surface area (TPSA) is 84.4 Å². The van der Waals surface area contributed by atoms with Crippen LogP contribution in [-0.4, -0.2) is 38.5 Å². The summed E-state index contributed by atoms with van der Waals surface area (Å²) in [5, 5.41) is 4.12. The summed E-state index contributed by atoms with van der Waals surface area (Å²) in [6.45, 7) is 1.78. The predicted molar refractivity (Wildman–Crippen MR) is 157 cm³/mol. The molecule has 3 aromatic heterocycles. The van der Waals surface area contributed by atoms with Crippen LogP contribution in [-0.2, 0) is 6.42 Å². The third-order valence-corrected chi connectivity index (χ3v) is 10.3. The number of nitrogens with zero attached hydrogens (tertiary/aromatic N) is 5. The number of terminal acetylenes is 1. The van der Waals surface area contributed by atoms with Crippen molar-refractivity contribution in [2.75, 3.05) is 23.3 Å². The summed E-state index contributed by atoms with van der Waals surface area (Å²) in [5.41, 5.74) is 11.3. The molecule has 1 atom stereocenters. The molecule has 198 valence electrons. The van der Waals surface area contributed by atoms with Gasteiger partial charge in [-0.1, -0.05) is 35.3 Å². The van der Waals surface area contributed by atoms with Gasteiger partial charge in [-0.15, -0.1) is 6.42 Å². The largest absolute Gasteiger partial charge is 0.366 e. The summed E-state index contributed by atoms with van der Waals surface area (Å²) >= 11 is 8.34. The van der Waals surface area contributed by atoms with Gasteiger partial charge in [-0.05, 0) is 73.3 Å². The van der Waals surface area contributed by atoms with Gasteiger partial charge >= 0.3 is 0 Å². The Morgan fingerprint density at radius 1 is 1.10 bits per heavy atom. The Bertz CT molecular complexity index is 1600. The zero-order chi connectivity index (χ0) is 26.6. The summed E-state index contributed by atoms with van der Waals surface area (Å²) in [5.74, 6) is 4.42. The van der Waals surface area contributed by atoms with Crippen LogP contribution in [0.15, 0.2) is 58.8 Å². The van der Waals surface area contributed by atoms with Crippen molar-refractivity contribution in [1.82, 2.24) is 19.4 Å². The van der Waals surface area contributed by atoms with Crippen LogP contribution in [0.3, 0.4) is 0 Å². The van der Waals surface area contributed by atoms with E-state index in [0.29, 0.717) is 11.1 Å². The molecule has 7 rings (SSSR count). The van der Waals surface area contributed by atoms with Gasteiger partial charge in [-0.25, -0.2) is 15.0 Å². The first-order chi connectivity index (χ1) is 19.0. The number of anilines is 2. The molecule has 4 heterocycles. The van der Waals surface area contributed by atoms with Crippen molar-refractivity contribution in [3.05, 3.63) is 70.8 Å². The third kappa shape index (κ3) is 4.24. The number of nitrogens with two attached hydrogens (primary N) is 1. The van der Waals surface area contributed by atoms with Crippen LogP contribution in [0.4, 0.5) is 11.8 Å². The Kier molecular flexibility index (Phi) is 6.19. The summed E-state index contributed by atoms with van der Waals surface area (Å²) in [7, 11) is 0. The first-order valence-electron chi connectivity index (χ1n) is 13.6. The maximum atomic E-state index is 6.84. The van der Waals surface area contributed by atoms with Crippen LogP contribution in [0.5, 0.6) is 0 Å². The molecule has 2 fully saturated rings. The fraction of sp³-hybridized carbons (Fsp3) is 0.367. The average molecular weight is 556 g/mol. The highest BCUT2D eigenvalue weighted by atomic mass is 35.5. The van der Waals surface area contributed by atoms with Crippen LogP contribution < -0.4 is 16.0 Å². The van der Waals surface area contributed by atoms with Crippen molar-refractivity contribution in [3.63, 3.8) is 0 Å². The maximum Gasteiger partial charge on any atom is 0.211 e. The Morgan fingerprint density at radius 2 is 1.95 bits per heavy atom. The lowest BCUT2D eigenvalue weighted by molar-refractivity contribution is 0.186. The van der Waals surface area contributed by atoms with Gasteiger partial charge in [0.1, 0.15) is 5.82 Å². The van der Waals surface area contributed by atoms with Crippen molar-refractivity contribution in [2.45, 2.75) is 60.4 Å². The molecule has 0 bridgehead atoms. The zero-order valence-electron chi connectivity index (χ0n) is 21.6. The van der Waals surface area contributed by atoms with E-state index in [1.807, 2.05) is 36.9 Å². The molecule has 1 aliphatic heterocycles. The Hall–Kier alpha value is -3.25. The number of benzene rings is 1. The number of fused-ring (bicyclic) bond motifs is 2. The Balaban J connectivity index is 1.10. The Morgan fingerprint density at radius 3 is 2.72 bits per heavy atom. The van der Waals surface area contributed by atoms with E-state index in [1.165, 1.54) is 30.4 Å². The van der Waals surface area contributed by atoms with Crippen LogP contribution in [0.1, 0.15) is 54.8 Å². The normalized spacial score (nSPS) is 20.1. The molecule has 39 heavy (non-hydrogen) atoms.